The lowest BCUT2D eigenvalue weighted by Gasteiger charge is -2.36. The zero-order valence-electron chi connectivity index (χ0n) is 11.9. The van der Waals surface area contributed by atoms with Crippen molar-refractivity contribution in [2.45, 2.75) is 38.0 Å². The summed E-state index contributed by atoms with van der Waals surface area (Å²) < 4.78 is 5.63. The van der Waals surface area contributed by atoms with Gasteiger partial charge in [-0.3, -0.25) is 9.69 Å². The van der Waals surface area contributed by atoms with Crippen LogP contribution in [-0.4, -0.2) is 42.6 Å². The Morgan fingerprint density at radius 1 is 1.35 bits per heavy atom. The Bertz CT molecular complexity index is 459. The summed E-state index contributed by atoms with van der Waals surface area (Å²) in [4.78, 5) is 14.4. The molecule has 1 aromatic rings. The van der Waals surface area contributed by atoms with Crippen LogP contribution in [-0.2, 0) is 9.53 Å². The fourth-order valence-electron chi connectivity index (χ4n) is 2.64. The smallest absolute Gasteiger partial charge is 0.250 e. The number of amides is 1. The first kappa shape index (κ1) is 13.6. The highest BCUT2D eigenvalue weighted by Crippen LogP contribution is 2.23. The number of carbonyl (C=O) groups is 1. The van der Waals surface area contributed by atoms with Crippen molar-refractivity contribution in [1.82, 2.24) is 10.2 Å². The van der Waals surface area contributed by atoms with Gasteiger partial charge < -0.3 is 10.1 Å². The van der Waals surface area contributed by atoms with E-state index in [9.17, 15) is 4.79 Å². The molecule has 1 aliphatic heterocycles. The van der Waals surface area contributed by atoms with Crippen molar-refractivity contribution in [3.63, 3.8) is 0 Å². The molecule has 0 radical (unpaired) electrons. The fraction of sp³-hybridized carbons (Fsp3) is 0.562. The zero-order valence-corrected chi connectivity index (χ0v) is 11.9. The molecule has 0 spiro atoms. The van der Waals surface area contributed by atoms with Gasteiger partial charge in [-0.25, -0.2) is 0 Å². The Morgan fingerprint density at radius 3 is 2.80 bits per heavy atom. The molecule has 1 aromatic carbocycles. The van der Waals surface area contributed by atoms with E-state index in [-0.39, 0.29) is 12.0 Å². The molecule has 1 saturated carbocycles. The van der Waals surface area contributed by atoms with Gasteiger partial charge in [0.05, 0.1) is 6.61 Å². The lowest BCUT2D eigenvalue weighted by Crippen LogP contribution is -2.50. The Kier molecular flexibility index (Phi) is 4.03. The first-order valence-corrected chi connectivity index (χ1v) is 7.45. The van der Waals surface area contributed by atoms with Crippen LogP contribution >= 0.6 is 0 Å². The van der Waals surface area contributed by atoms with Crippen LogP contribution in [0.3, 0.4) is 0 Å². The van der Waals surface area contributed by atoms with Crippen LogP contribution in [0.4, 0.5) is 0 Å². The molecule has 2 atom stereocenters. The second kappa shape index (κ2) is 5.94. The minimum Gasteiger partial charge on any atom is -0.366 e. The molecule has 1 amide bonds. The highest BCUT2D eigenvalue weighted by atomic mass is 16.5. The lowest BCUT2D eigenvalue weighted by molar-refractivity contribution is -0.139. The molecule has 1 aliphatic carbocycles. The summed E-state index contributed by atoms with van der Waals surface area (Å²) in [5, 5.41) is 3.03. The summed E-state index contributed by atoms with van der Waals surface area (Å²) >= 11 is 0. The first-order chi connectivity index (χ1) is 9.74. The van der Waals surface area contributed by atoms with Gasteiger partial charge in [-0.15, -0.1) is 0 Å². The van der Waals surface area contributed by atoms with E-state index in [1.165, 1.54) is 5.56 Å². The largest absolute Gasteiger partial charge is 0.366 e. The van der Waals surface area contributed by atoms with Gasteiger partial charge in [0.25, 0.3) is 5.91 Å². The molecule has 0 bridgehead atoms. The van der Waals surface area contributed by atoms with E-state index < -0.39 is 0 Å². The number of carbonyl (C=O) groups excluding carboxylic acids is 1. The van der Waals surface area contributed by atoms with Crippen molar-refractivity contribution in [3.8, 4) is 0 Å². The Hall–Kier alpha value is -1.39. The third-order valence-electron chi connectivity index (χ3n) is 4.14. The van der Waals surface area contributed by atoms with Crippen LogP contribution in [0.5, 0.6) is 0 Å². The molecule has 1 saturated heterocycles. The molecule has 20 heavy (non-hydrogen) atoms. The zero-order chi connectivity index (χ0) is 13.9. The standard InChI is InChI=1S/C16H22N2O2/c1-12(13-5-3-2-4-6-13)18-9-10-20-15(11-18)16(19)17-14-7-8-14/h2-6,12,14-15H,7-11H2,1H3,(H,17,19). The average molecular weight is 274 g/mol. The van der Waals surface area contributed by atoms with Crippen LogP contribution in [0.15, 0.2) is 30.3 Å². The van der Waals surface area contributed by atoms with Gasteiger partial charge in [-0.05, 0) is 25.3 Å². The summed E-state index contributed by atoms with van der Waals surface area (Å²) in [5.74, 6) is 0.0532. The van der Waals surface area contributed by atoms with Crippen molar-refractivity contribution in [2.24, 2.45) is 0 Å². The van der Waals surface area contributed by atoms with Gasteiger partial charge in [0.15, 0.2) is 0 Å². The number of morpholine rings is 1. The van der Waals surface area contributed by atoms with E-state index in [2.05, 4.69) is 41.4 Å². The molecule has 2 unspecified atom stereocenters. The van der Waals surface area contributed by atoms with E-state index in [0.29, 0.717) is 25.2 Å². The quantitative estimate of drug-likeness (QED) is 0.909. The molecule has 3 rings (SSSR count). The van der Waals surface area contributed by atoms with Crippen LogP contribution in [0, 0.1) is 0 Å². The SMILES string of the molecule is CC(c1ccccc1)N1CCOC(C(=O)NC2CC2)C1. The second-order valence-corrected chi connectivity index (χ2v) is 5.72. The molecule has 2 aliphatic rings. The lowest BCUT2D eigenvalue weighted by atomic mass is 10.1. The van der Waals surface area contributed by atoms with E-state index in [1.54, 1.807) is 0 Å². The molecule has 108 valence electrons. The van der Waals surface area contributed by atoms with Crippen LogP contribution in [0.1, 0.15) is 31.4 Å². The number of ether oxygens (including phenoxy) is 1. The number of hydrogen-bond donors (Lipinski definition) is 1. The van der Waals surface area contributed by atoms with Crippen LogP contribution in [0.25, 0.3) is 0 Å². The summed E-state index contributed by atoms with van der Waals surface area (Å²) in [6, 6.07) is 11.1. The predicted molar refractivity (Wildman–Crippen MR) is 77.3 cm³/mol. The molecular formula is C16H22N2O2. The maximum absolute atomic E-state index is 12.1. The van der Waals surface area contributed by atoms with Crippen molar-refractivity contribution in [1.29, 1.82) is 0 Å². The number of hydrogen-bond acceptors (Lipinski definition) is 3. The van der Waals surface area contributed by atoms with Crippen molar-refractivity contribution < 1.29 is 9.53 Å². The van der Waals surface area contributed by atoms with Crippen molar-refractivity contribution in [2.75, 3.05) is 19.7 Å². The Labute approximate surface area is 120 Å². The van der Waals surface area contributed by atoms with Gasteiger partial charge in [-0.1, -0.05) is 30.3 Å². The third kappa shape index (κ3) is 3.19. The van der Waals surface area contributed by atoms with Crippen LogP contribution < -0.4 is 5.32 Å². The van der Waals surface area contributed by atoms with Crippen molar-refractivity contribution in [3.05, 3.63) is 35.9 Å². The van der Waals surface area contributed by atoms with E-state index in [1.807, 2.05) is 6.07 Å². The molecule has 4 nitrogen and oxygen atoms in total. The second-order valence-electron chi connectivity index (χ2n) is 5.72. The number of nitrogens with zero attached hydrogens (tertiary/aromatic N) is 1. The molecule has 2 fully saturated rings. The highest BCUT2D eigenvalue weighted by Gasteiger charge is 2.32. The number of rotatable bonds is 4. The van der Waals surface area contributed by atoms with Gasteiger partial charge >= 0.3 is 0 Å². The molecule has 1 heterocycles. The predicted octanol–water partition coefficient (Wildman–Crippen LogP) is 1.73. The summed E-state index contributed by atoms with van der Waals surface area (Å²) in [6.45, 7) is 4.37. The van der Waals surface area contributed by atoms with E-state index in [0.717, 1.165) is 19.4 Å². The summed E-state index contributed by atoms with van der Waals surface area (Å²) in [6.07, 6.45) is 1.90. The Balaban J connectivity index is 1.60. The topological polar surface area (TPSA) is 41.6 Å². The average Bonchev–Trinajstić information content (AvgIpc) is 3.31. The monoisotopic (exact) mass is 274 g/mol. The van der Waals surface area contributed by atoms with Gasteiger partial charge in [0, 0.05) is 25.2 Å². The minimum absolute atomic E-state index is 0.0532. The molecular weight excluding hydrogens is 252 g/mol. The maximum Gasteiger partial charge on any atom is 0.250 e. The third-order valence-corrected chi connectivity index (χ3v) is 4.14. The minimum atomic E-state index is -0.324. The Morgan fingerprint density at radius 2 is 2.10 bits per heavy atom. The summed E-state index contributed by atoms with van der Waals surface area (Å²) in [5.41, 5.74) is 1.29. The van der Waals surface area contributed by atoms with Crippen LogP contribution in [0.2, 0.25) is 0 Å². The first-order valence-electron chi connectivity index (χ1n) is 7.45. The van der Waals surface area contributed by atoms with E-state index in [4.69, 9.17) is 4.74 Å². The normalized spacial score (nSPS) is 25.1. The summed E-state index contributed by atoms with van der Waals surface area (Å²) in [7, 11) is 0. The maximum atomic E-state index is 12.1. The highest BCUT2D eigenvalue weighted by molar-refractivity contribution is 5.81. The number of benzene rings is 1. The van der Waals surface area contributed by atoms with E-state index >= 15 is 0 Å². The number of nitrogens with one attached hydrogen (secondary N) is 1. The fourth-order valence-corrected chi connectivity index (χ4v) is 2.64. The molecule has 4 heteroatoms. The van der Waals surface area contributed by atoms with Gasteiger partial charge in [0.1, 0.15) is 6.10 Å². The van der Waals surface area contributed by atoms with Crippen molar-refractivity contribution >= 4 is 5.91 Å². The van der Waals surface area contributed by atoms with Gasteiger partial charge in [-0.2, -0.15) is 0 Å². The van der Waals surface area contributed by atoms with Gasteiger partial charge in [0.2, 0.25) is 0 Å². The molecule has 0 aromatic heterocycles. The molecule has 1 N–H and O–H groups in total.